The molecule has 3 nitrogen and oxygen atoms in total. The molecule has 18 heavy (non-hydrogen) atoms. The Morgan fingerprint density at radius 1 is 1.44 bits per heavy atom. The number of carbonyl (C=O) groups is 1. The normalized spacial score (nSPS) is 25.6. The molecule has 0 bridgehead atoms. The molecule has 0 N–H and O–H groups in total. The van der Waals surface area contributed by atoms with Crippen LogP contribution < -0.4 is 0 Å². The van der Waals surface area contributed by atoms with Crippen LogP contribution >= 0.6 is 0 Å². The largest absolute Gasteiger partial charge is 0.548 e. The highest BCUT2D eigenvalue weighted by Gasteiger charge is 2.54. The molecule has 1 saturated carbocycles. The Hall–Kier alpha value is -0.773. The molecule has 2 rings (SSSR count). The van der Waals surface area contributed by atoms with Crippen molar-refractivity contribution in [1.82, 2.24) is 0 Å². The minimum atomic E-state index is -1.53. The summed E-state index contributed by atoms with van der Waals surface area (Å²) >= 11 is 0. The van der Waals surface area contributed by atoms with Crippen LogP contribution in [0.3, 0.4) is 0 Å². The Bertz CT molecular complexity index is 364. The average Bonchev–Trinajstić information content (AvgIpc) is 2.96. The first kappa shape index (κ1) is 13.7. The highest BCUT2D eigenvalue weighted by Crippen LogP contribution is 2.60. The lowest BCUT2D eigenvalue weighted by Crippen LogP contribution is -2.33. The van der Waals surface area contributed by atoms with E-state index in [0.29, 0.717) is 6.61 Å². The lowest BCUT2D eigenvalue weighted by atomic mass is 9.79. The van der Waals surface area contributed by atoms with Crippen molar-refractivity contribution < 1.29 is 14.0 Å². The molecule has 4 heteroatoms. The lowest BCUT2D eigenvalue weighted by Gasteiger charge is -2.32. The molecule has 1 fully saturated rings. The van der Waals surface area contributed by atoms with Gasteiger partial charge in [0.25, 0.3) is 0 Å². The van der Waals surface area contributed by atoms with E-state index in [2.05, 4.69) is 25.7 Å². The number of carbonyl (C=O) groups excluding carboxylic acids is 1. The average molecular weight is 268 g/mol. The van der Waals surface area contributed by atoms with E-state index in [0.717, 1.165) is 31.4 Å². The number of ether oxygens (including phenoxy) is 1. The zero-order chi connectivity index (χ0) is 13.4. The van der Waals surface area contributed by atoms with Crippen LogP contribution in [0.5, 0.6) is 0 Å². The highest BCUT2D eigenvalue weighted by molar-refractivity contribution is 6.70. The number of hydrogen-bond donors (Lipinski definition) is 0. The minimum Gasteiger partial charge on any atom is -0.548 e. The molecule has 0 radical (unpaired) electrons. The SMILES string of the molecule is CCOC(=O)C1CC=C(O[Si](C)(C)C)CC12CC2. The van der Waals surface area contributed by atoms with Crippen molar-refractivity contribution in [2.45, 2.75) is 52.2 Å². The van der Waals surface area contributed by atoms with Crippen molar-refractivity contribution in [2.75, 3.05) is 6.61 Å². The molecule has 1 atom stereocenters. The van der Waals surface area contributed by atoms with E-state index >= 15 is 0 Å². The van der Waals surface area contributed by atoms with Gasteiger partial charge in [0.15, 0.2) is 0 Å². The summed E-state index contributed by atoms with van der Waals surface area (Å²) in [7, 11) is -1.53. The predicted octanol–water partition coefficient (Wildman–Crippen LogP) is 3.48. The minimum absolute atomic E-state index is 0.0155. The van der Waals surface area contributed by atoms with Crippen LogP contribution in [0.1, 0.15) is 32.6 Å². The molecule has 0 amide bonds. The summed E-state index contributed by atoms with van der Waals surface area (Å²) < 4.78 is 11.3. The summed E-state index contributed by atoms with van der Waals surface area (Å²) in [6.07, 6.45) is 6.12. The first-order valence-corrected chi connectivity index (χ1v) is 10.3. The van der Waals surface area contributed by atoms with Gasteiger partial charge in [-0.25, -0.2) is 0 Å². The molecule has 0 aromatic carbocycles. The third-order valence-corrected chi connectivity index (χ3v) is 4.62. The lowest BCUT2D eigenvalue weighted by molar-refractivity contribution is -0.150. The zero-order valence-electron chi connectivity index (χ0n) is 11.9. The van der Waals surface area contributed by atoms with Crippen molar-refractivity contribution in [3.8, 4) is 0 Å². The van der Waals surface area contributed by atoms with Crippen LogP contribution in [0.15, 0.2) is 11.8 Å². The monoisotopic (exact) mass is 268 g/mol. The molecule has 102 valence electrons. The number of esters is 1. The summed E-state index contributed by atoms with van der Waals surface area (Å²) in [6.45, 7) is 8.95. The zero-order valence-corrected chi connectivity index (χ0v) is 12.9. The van der Waals surface area contributed by atoms with Crippen molar-refractivity contribution in [1.29, 1.82) is 0 Å². The third kappa shape index (κ3) is 2.97. The third-order valence-electron chi connectivity index (χ3n) is 3.75. The predicted molar refractivity (Wildman–Crippen MR) is 73.5 cm³/mol. The van der Waals surface area contributed by atoms with E-state index in [9.17, 15) is 4.79 Å². The van der Waals surface area contributed by atoms with Gasteiger partial charge in [-0.2, -0.15) is 0 Å². The second-order valence-corrected chi connectivity index (χ2v) is 10.9. The summed E-state index contributed by atoms with van der Waals surface area (Å²) in [4.78, 5) is 12.0. The quantitative estimate of drug-likeness (QED) is 0.578. The van der Waals surface area contributed by atoms with Gasteiger partial charge < -0.3 is 9.16 Å². The van der Waals surface area contributed by atoms with Crippen molar-refractivity contribution in [3.63, 3.8) is 0 Å². The van der Waals surface area contributed by atoms with Gasteiger partial charge in [-0.05, 0) is 57.3 Å². The van der Waals surface area contributed by atoms with E-state index in [-0.39, 0.29) is 17.3 Å². The molecule has 0 saturated heterocycles. The van der Waals surface area contributed by atoms with Gasteiger partial charge in [-0.3, -0.25) is 4.79 Å². The van der Waals surface area contributed by atoms with Crippen LogP contribution in [-0.2, 0) is 14.0 Å². The van der Waals surface area contributed by atoms with Gasteiger partial charge in [0.1, 0.15) is 0 Å². The Kier molecular flexibility index (Phi) is 3.58. The van der Waals surface area contributed by atoms with Crippen LogP contribution in [-0.4, -0.2) is 20.9 Å². The second-order valence-electron chi connectivity index (χ2n) is 6.46. The topological polar surface area (TPSA) is 35.5 Å². The molecule has 2 aliphatic carbocycles. The summed E-state index contributed by atoms with van der Waals surface area (Å²) in [5.41, 5.74) is 0.163. The van der Waals surface area contributed by atoms with E-state index in [1.54, 1.807) is 0 Å². The van der Waals surface area contributed by atoms with Crippen LogP contribution in [0, 0.1) is 11.3 Å². The molecular formula is C14H24O3Si. The van der Waals surface area contributed by atoms with Crippen LogP contribution in [0.4, 0.5) is 0 Å². The van der Waals surface area contributed by atoms with E-state index in [1.165, 1.54) is 0 Å². The Labute approximate surface area is 111 Å². The standard InChI is InChI=1S/C14H24O3Si/c1-5-16-13(15)12-7-6-11(17-18(2,3)4)10-14(12)8-9-14/h6,12H,5,7-10H2,1-4H3. The maximum Gasteiger partial charge on any atom is 0.309 e. The van der Waals surface area contributed by atoms with Crippen molar-refractivity contribution in [2.24, 2.45) is 11.3 Å². The highest BCUT2D eigenvalue weighted by atomic mass is 28.4. The van der Waals surface area contributed by atoms with Gasteiger partial charge in [-0.15, -0.1) is 0 Å². The van der Waals surface area contributed by atoms with E-state index < -0.39 is 8.32 Å². The summed E-state index contributed by atoms with van der Waals surface area (Å²) in [6, 6.07) is 0. The Balaban J connectivity index is 2.05. The van der Waals surface area contributed by atoms with Gasteiger partial charge in [0.05, 0.1) is 18.3 Å². The number of rotatable bonds is 4. The fraction of sp³-hybridized carbons (Fsp3) is 0.786. The fourth-order valence-electron chi connectivity index (χ4n) is 2.79. The number of allylic oxidation sites excluding steroid dienone is 2. The fourth-order valence-corrected chi connectivity index (χ4v) is 3.73. The van der Waals surface area contributed by atoms with Gasteiger partial charge in [0, 0.05) is 6.42 Å². The summed E-state index contributed by atoms with van der Waals surface area (Å²) in [5, 5.41) is 0. The molecule has 0 aliphatic heterocycles. The molecular weight excluding hydrogens is 244 g/mol. The smallest absolute Gasteiger partial charge is 0.309 e. The first-order chi connectivity index (χ1) is 8.36. The molecule has 0 heterocycles. The molecule has 1 spiro atoms. The maximum absolute atomic E-state index is 12.0. The van der Waals surface area contributed by atoms with Gasteiger partial charge >= 0.3 is 5.97 Å². The molecule has 1 unspecified atom stereocenters. The second kappa shape index (κ2) is 4.72. The van der Waals surface area contributed by atoms with E-state index in [1.807, 2.05) is 6.92 Å². The van der Waals surface area contributed by atoms with Crippen LogP contribution in [0.2, 0.25) is 19.6 Å². The first-order valence-electron chi connectivity index (χ1n) is 6.91. The Morgan fingerprint density at radius 2 is 2.11 bits per heavy atom. The molecule has 0 aromatic rings. The maximum atomic E-state index is 12.0. The molecule has 2 aliphatic rings. The van der Waals surface area contributed by atoms with Crippen molar-refractivity contribution in [3.05, 3.63) is 11.8 Å². The van der Waals surface area contributed by atoms with Gasteiger partial charge in [0.2, 0.25) is 8.32 Å². The Morgan fingerprint density at radius 3 is 2.61 bits per heavy atom. The number of hydrogen-bond acceptors (Lipinski definition) is 3. The molecule has 0 aromatic heterocycles. The van der Waals surface area contributed by atoms with Crippen LogP contribution in [0.25, 0.3) is 0 Å². The van der Waals surface area contributed by atoms with Gasteiger partial charge in [-0.1, -0.05) is 0 Å². The van der Waals surface area contributed by atoms with Crippen molar-refractivity contribution >= 4 is 14.3 Å². The van der Waals surface area contributed by atoms with E-state index in [4.69, 9.17) is 9.16 Å². The summed E-state index contributed by atoms with van der Waals surface area (Å²) in [5.74, 6) is 1.16.